The van der Waals surface area contributed by atoms with Crippen molar-refractivity contribution in [3.63, 3.8) is 0 Å². The third-order valence-electron chi connectivity index (χ3n) is 7.27. The van der Waals surface area contributed by atoms with Crippen molar-refractivity contribution in [2.75, 3.05) is 6.61 Å². The lowest BCUT2D eigenvalue weighted by Gasteiger charge is -2.29. The first-order chi connectivity index (χ1) is 17.5. The summed E-state index contributed by atoms with van der Waals surface area (Å²) in [6.45, 7) is 7.23. The van der Waals surface area contributed by atoms with Crippen molar-refractivity contribution < 1.29 is 4.74 Å². The predicted molar refractivity (Wildman–Crippen MR) is 153 cm³/mol. The van der Waals surface area contributed by atoms with Crippen LogP contribution in [-0.4, -0.2) is 17.2 Å². The van der Waals surface area contributed by atoms with Gasteiger partial charge in [0.05, 0.1) is 17.0 Å². The monoisotopic (exact) mass is 477 g/mol. The van der Waals surface area contributed by atoms with E-state index < -0.39 is 0 Å². The first-order valence-electron chi connectivity index (χ1n) is 13.7. The Morgan fingerprint density at radius 1 is 0.722 bits per heavy atom. The van der Waals surface area contributed by atoms with E-state index in [1.54, 1.807) is 5.56 Å². The Balaban J connectivity index is 1.59. The van der Waals surface area contributed by atoms with E-state index in [0.29, 0.717) is 0 Å². The fourth-order valence-electron chi connectivity index (χ4n) is 5.64. The van der Waals surface area contributed by atoms with Gasteiger partial charge < -0.3 is 4.74 Å². The molecule has 1 aromatic heterocycles. The van der Waals surface area contributed by atoms with Crippen LogP contribution >= 0.6 is 0 Å². The van der Waals surface area contributed by atoms with Gasteiger partial charge in [-0.2, -0.15) is 0 Å². The Morgan fingerprint density at radius 3 is 1.69 bits per heavy atom. The number of hydrogen-bond acceptors (Lipinski definition) is 2. The highest BCUT2D eigenvalue weighted by molar-refractivity contribution is 5.87. The van der Waals surface area contributed by atoms with E-state index in [4.69, 9.17) is 9.72 Å². The maximum Gasteiger partial charge on any atom is 0.0704 e. The van der Waals surface area contributed by atoms with E-state index in [-0.39, 0.29) is 5.60 Å². The molecule has 36 heavy (non-hydrogen) atoms. The summed E-state index contributed by atoms with van der Waals surface area (Å²) >= 11 is 0. The fourth-order valence-corrected chi connectivity index (χ4v) is 5.64. The SMILES string of the molecule is CC(C)(C)OCCCc1c2c(nc3c1CCCC3=Cc1ccccc1)C(=Cc1ccccc1)CCC2. The van der Waals surface area contributed by atoms with Crippen molar-refractivity contribution in [1.29, 1.82) is 0 Å². The molecule has 5 rings (SSSR count). The van der Waals surface area contributed by atoms with Crippen LogP contribution in [0.15, 0.2) is 60.7 Å². The first kappa shape index (κ1) is 24.7. The van der Waals surface area contributed by atoms with Crippen molar-refractivity contribution in [2.24, 2.45) is 0 Å². The third kappa shape index (κ3) is 5.87. The summed E-state index contributed by atoms with van der Waals surface area (Å²) in [5.74, 6) is 0. The van der Waals surface area contributed by atoms with Crippen molar-refractivity contribution in [3.8, 4) is 0 Å². The Kier molecular flexibility index (Phi) is 7.53. The summed E-state index contributed by atoms with van der Waals surface area (Å²) in [5.41, 5.74) is 12.3. The number of benzene rings is 2. The van der Waals surface area contributed by atoms with Gasteiger partial charge in [-0.25, -0.2) is 4.98 Å². The molecule has 186 valence electrons. The lowest BCUT2D eigenvalue weighted by Crippen LogP contribution is -2.21. The first-order valence-corrected chi connectivity index (χ1v) is 13.7. The van der Waals surface area contributed by atoms with Crippen LogP contribution in [0.3, 0.4) is 0 Å². The van der Waals surface area contributed by atoms with Gasteiger partial charge in [0.2, 0.25) is 0 Å². The molecule has 0 radical (unpaired) electrons. The molecule has 0 fully saturated rings. The Bertz CT molecular complexity index is 1160. The molecule has 0 saturated heterocycles. The highest BCUT2D eigenvalue weighted by atomic mass is 16.5. The minimum absolute atomic E-state index is 0.0890. The van der Waals surface area contributed by atoms with Crippen molar-refractivity contribution in [1.82, 2.24) is 4.98 Å². The molecule has 2 aliphatic rings. The number of pyridine rings is 1. The maximum atomic E-state index is 6.10. The van der Waals surface area contributed by atoms with Crippen molar-refractivity contribution in [3.05, 3.63) is 99.9 Å². The fraction of sp³-hybridized carbons (Fsp3) is 0.382. The molecule has 3 aromatic rings. The average Bonchev–Trinajstić information content (AvgIpc) is 2.87. The molecule has 0 bridgehead atoms. The molecular weight excluding hydrogens is 438 g/mol. The van der Waals surface area contributed by atoms with Gasteiger partial charge in [-0.3, -0.25) is 0 Å². The smallest absolute Gasteiger partial charge is 0.0704 e. The van der Waals surface area contributed by atoms with E-state index in [2.05, 4.69) is 93.6 Å². The van der Waals surface area contributed by atoms with Gasteiger partial charge in [0.1, 0.15) is 0 Å². The molecule has 0 aliphatic heterocycles. The molecule has 0 saturated carbocycles. The maximum absolute atomic E-state index is 6.10. The summed E-state index contributed by atoms with van der Waals surface area (Å²) in [6.07, 6.45) is 13.7. The number of fused-ring (bicyclic) bond motifs is 2. The normalized spacial score (nSPS) is 17.8. The number of allylic oxidation sites excluding steroid dienone is 2. The van der Waals surface area contributed by atoms with Crippen LogP contribution in [0, 0.1) is 0 Å². The number of aromatic nitrogens is 1. The van der Waals surface area contributed by atoms with Crippen LogP contribution in [0.4, 0.5) is 0 Å². The van der Waals surface area contributed by atoms with Crippen LogP contribution in [0.5, 0.6) is 0 Å². The van der Waals surface area contributed by atoms with Gasteiger partial charge in [-0.15, -0.1) is 0 Å². The zero-order valence-electron chi connectivity index (χ0n) is 22.1. The molecule has 1 heterocycles. The molecule has 2 nitrogen and oxygen atoms in total. The van der Waals surface area contributed by atoms with Gasteiger partial charge in [0.25, 0.3) is 0 Å². The van der Waals surface area contributed by atoms with Crippen LogP contribution < -0.4 is 0 Å². The quantitative estimate of drug-likeness (QED) is 0.332. The standard InChI is InChI=1S/C34H39NO/c1-34(2,3)36-22-12-21-29-30-19-10-17-27(23-25-13-6-4-7-14-25)32(30)35-33-28(18-11-20-31(29)33)24-26-15-8-5-9-16-26/h4-9,13-16,23-24H,10-12,17-22H2,1-3H3. The van der Waals surface area contributed by atoms with E-state index in [1.165, 1.54) is 57.6 Å². The number of ether oxygens (including phenoxy) is 1. The molecule has 0 amide bonds. The highest BCUT2D eigenvalue weighted by Crippen LogP contribution is 2.41. The Labute approximate surface area is 217 Å². The third-order valence-corrected chi connectivity index (χ3v) is 7.27. The second-order valence-corrected chi connectivity index (χ2v) is 11.2. The zero-order valence-corrected chi connectivity index (χ0v) is 22.1. The molecule has 0 spiro atoms. The second-order valence-electron chi connectivity index (χ2n) is 11.2. The summed E-state index contributed by atoms with van der Waals surface area (Å²) < 4.78 is 6.10. The Morgan fingerprint density at radius 2 is 1.22 bits per heavy atom. The van der Waals surface area contributed by atoms with Crippen molar-refractivity contribution >= 4 is 23.3 Å². The van der Waals surface area contributed by atoms with E-state index in [0.717, 1.165) is 45.1 Å². The highest BCUT2D eigenvalue weighted by Gasteiger charge is 2.27. The van der Waals surface area contributed by atoms with Crippen LogP contribution in [-0.2, 0) is 24.0 Å². The summed E-state index contributed by atoms with van der Waals surface area (Å²) in [5, 5.41) is 0. The minimum atomic E-state index is -0.0890. The van der Waals surface area contributed by atoms with Crippen LogP contribution in [0.1, 0.15) is 92.1 Å². The zero-order chi connectivity index (χ0) is 25.0. The predicted octanol–water partition coefficient (Wildman–Crippen LogP) is 8.58. The van der Waals surface area contributed by atoms with Gasteiger partial charge in [-0.05, 0) is 123 Å². The van der Waals surface area contributed by atoms with Gasteiger partial charge in [0.15, 0.2) is 0 Å². The topological polar surface area (TPSA) is 22.1 Å². The van der Waals surface area contributed by atoms with E-state index in [1.807, 2.05) is 0 Å². The lowest BCUT2D eigenvalue weighted by atomic mass is 9.79. The molecule has 0 atom stereocenters. The van der Waals surface area contributed by atoms with Gasteiger partial charge >= 0.3 is 0 Å². The number of nitrogens with zero attached hydrogens (tertiary/aromatic N) is 1. The van der Waals surface area contributed by atoms with E-state index >= 15 is 0 Å². The van der Waals surface area contributed by atoms with Gasteiger partial charge in [0, 0.05) is 6.61 Å². The summed E-state index contributed by atoms with van der Waals surface area (Å²) in [6, 6.07) is 21.5. The summed E-state index contributed by atoms with van der Waals surface area (Å²) in [4.78, 5) is 5.47. The molecule has 2 aromatic carbocycles. The van der Waals surface area contributed by atoms with Crippen LogP contribution in [0.2, 0.25) is 0 Å². The van der Waals surface area contributed by atoms with Gasteiger partial charge in [-0.1, -0.05) is 60.7 Å². The lowest BCUT2D eigenvalue weighted by molar-refractivity contribution is -0.00387. The number of rotatable bonds is 6. The minimum Gasteiger partial charge on any atom is -0.376 e. The summed E-state index contributed by atoms with van der Waals surface area (Å²) in [7, 11) is 0. The molecule has 0 unspecified atom stereocenters. The molecule has 2 aliphatic carbocycles. The van der Waals surface area contributed by atoms with Crippen LogP contribution in [0.25, 0.3) is 23.3 Å². The molecular formula is C34H39NO. The molecule has 2 heteroatoms. The second kappa shape index (κ2) is 11.0. The largest absolute Gasteiger partial charge is 0.376 e. The number of hydrogen-bond donors (Lipinski definition) is 0. The van der Waals surface area contributed by atoms with Crippen molar-refractivity contribution in [2.45, 2.75) is 77.7 Å². The molecule has 0 N–H and O–H groups in total. The Hall–Kier alpha value is -2.97. The van der Waals surface area contributed by atoms with E-state index in [9.17, 15) is 0 Å². The average molecular weight is 478 g/mol.